The normalized spacial score (nSPS) is 53.3. The average Bonchev–Trinajstić information content (AvgIpc) is 3.58. The molecule has 2 aliphatic heterocycles. The van der Waals surface area contributed by atoms with Crippen LogP contribution in [0.25, 0.3) is 0 Å². The molecule has 2 saturated heterocycles. The highest BCUT2D eigenvalue weighted by molar-refractivity contribution is 5.66. The van der Waals surface area contributed by atoms with Crippen molar-refractivity contribution in [2.45, 2.75) is 149 Å². The van der Waals surface area contributed by atoms with E-state index in [1.54, 1.807) is 13.8 Å². The zero-order chi connectivity index (χ0) is 31.7. The molecule has 0 aromatic heterocycles. The number of hydrogen-bond acceptors (Lipinski definition) is 8. The van der Waals surface area contributed by atoms with Crippen molar-refractivity contribution >= 4 is 5.97 Å². The number of ether oxygens (including phenoxy) is 4. The van der Waals surface area contributed by atoms with Crippen molar-refractivity contribution < 1.29 is 34.0 Å². The summed E-state index contributed by atoms with van der Waals surface area (Å²) in [6.45, 7) is 19.2. The molecule has 7 fully saturated rings. The molecule has 7 aliphatic rings. The van der Waals surface area contributed by atoms with E-state index in [-0.39, 0.29) is 52.0 Å². The third-order valence-corrected chi connectivity index (χ3v) is 15.3. The number of hydrogen-bond donors (Lipinski definition) is 3. The van der Waals surface area contributed by atoms with E-state index in [2.05, 4.69) is 39.9 Å². The lowest BCUT2D eigenvalue weighted by atomic mass is 9.41. The Balaban J connectivity index is 1.16. The van der Waals surface area contributed by atoms with Gasteiger partial charge in [-0.1, -0.05) is 34.6 Å². The van der Waals surface area contributed by atoms with Gasteiger partial charge < -0.3 is 34.5 Å². The molecule has 7 rings (SSSR count). The van der Waals surface area contributed by atoms with E-state index in [1.165, 1.54) is 32.6 Å². The summed E-state index contributed by atoms with van der Waals surface area (Å²) in [5.41, 5.74) is -0.862. The van der Waals surface area contributed by atoms with E-state index in [1.807, 2.05) is 0 Å². The molecule has 44 heavy (non-hydrogen) atoms. The van der Waals surface area contributed by atoms with Crippen LogP contribution >= 0.6 is 0 Å². The fraction of sp³-hybridized carbons (Fsp3) is 0.972. The fourth-order valence-corrected chi connectivity index (χ4v) is 13.4. The summed E-state index contributed by atoms with van der Waals surface area (Å²) in [5.74, 6) is 1.16. The van der Waals surface area contributed by atoms with Gasteiger partial charge in [-0.3, -0.25) is 4.79 Å². The lowest BCUT2D eigenvalue weighted by Gasteiger charge is -2.64. The molecule has 0 aromatic rings. The molecule has 3 N–H and O–H groups in total. The summed E-state index contributed by atoms with van der Waals surface area (Å²) in [7, 11) is 0. The zero-order valence-corrected chi connectivity index (χ0v) is 28.5. The van der Waals surface area contributed by atoms with E-state index in [4.69, 9.17) is 18.9 Å². The van der Waals surface area contributed by atoms with Gasteiger partial charge >= 0.3 is 5.97 Å². The van der Waals surface area contributed by atoms with Gasteiger partial charge in [0.15, 0.2) is 12.4 Å². The Morgan fingerprint density at radius 2 is 1.75 bits per heavy atom. The molecule has 5 aliphatic carbocycles. The fourth-order valence-electron chi connectivity index (χ4n) is 13.4. The van der Waals surface area contributed by atoms with Crippen LogP contribution in [0.3, 0.4) is 0 Å². The van der Waals surface area contributed by atoms with Crippen molar-refractivity contribution in [3.63, 3.8) is 0 Å². The van der Waals surface area contributed by atoms with Gasteiger partial charge in [-0.25, -0.2) is 0 Å². The number of aliphatic hydroxyl groups is 2. The molecule has 2 heterocycles. The maximum absolute atomic E-state index is 12.5. The van der Waals surface area contributed by atoms with Crippen LogP contribution in [0.15, 0.2) is 0 Å². The molecule has 0 amide bonds. The maximum Gasteiger partial charge on any atom is 0.303 e. The van der Waals surface area contributed by atoms with Crippen LogP contribution in [-0.2, 0) is 23.7 Å². The lowest BCUT2D eigenvalue weighted by molar-refractivity contribution is -0.237. The van der Waals surface area contributed by atoms with Crippen molar-refractivity contribution in [2.75, 3.05) is 19.7 Å². The van der Waals surface area contributed by atoms with Crippen molar-refractivity contribution in [1.82, 2.24) is 5.32 Å². The predicted molar refractivity (Wildman–Crippen MR) is 165 cm³/mol. The Bertz CT molecular complexity index is 1150. The van der Waals surface area contributed by atoms with E-state index in [9.17, 15) is 15.0 Å². The molecule has 14 atom stereocenters. The first-order valence-corrected chi connectivity index (χ1v) is 17.7. The number of carbonyl (C=O) groups excluding carboxylic acids is 1. The Morgan fingerprint density at radius 1 is 1.05 bits per heavy atom. The van der Waals surface area contributed by atoms with E-state index >= 15 is 0 Å². The largest absolute Gasteiger partial charge is 0.457 e. The highest BCUT2D eigenvalue weighted by Gasteiger charge is 2.84. The second-order valence-electron chi connectivity index (χ2n) is 17.9. The summed E-state index contributed by atoms with van der Waals surface area (Å²) < 4.78 is 25.2. The van der Waals surface area contributed by atoms with Crippen molar-refractivity contribution in [2.24, 2.45) is 50.7 Å². The highest BCUT2D eigenvalue weighted by Crippen LogP contribution is 2.89. The molecule has 8 heteroatoms. The minimum absolute atomic E-state index is 0.0409. The molecule has 8 nitrogen and oxygen atoms in total. The lowest BCUT2D eigenvalue weighted by Crippen LogP contribution is -2.60. The number of nitrogens with one attached hydrogen (secondary N) is 1. The average molecular weight is 618 g/mol. The molecular weight excluding hydrogens is 558 g/mol. The molecule has 0 radical (unpaired) electrons. The maximum atomic E-state index is 12.5. The van der Waals surface area contributed by atoms with Crippen LogP contribution in [0.1, 0.15) is 107 Å². The summed E-state index contributed by atoms with van der Waals surface area (Å²) in [5, 5.41) is 26.9. The third kappa shape index (κ3) is 4.12. The Kier molecular flexibility index (Phi) is 7.32. The summed E-state index contributed by atoms with van der Waals surface area (Å²) in [6.07, 6.45) is 6.87. The van der Waals surface area contributed by atoms with Crippen LogP contribution < -0.4 is 5.32 Å². The first-order valence-electron chi connectivity index (χ1n) is 17.7. The monoisotopic (exact) mass is 617 g/mol. The highest BCUT2D eigenvalue weighted by atomic mass is 16.7. The molecule has 5 saturated carbocycles. The minimum Gasteiger partial charge on any atom is -0.457 e. The smallest absolute Gasteiger partial charge is 0.303 e. The zero-order valence-electron chi connectivity index (χ0n) is 28.5. The Labute approximate surface area is 264 Å². The molecule has 2 unspecified atom stereocenters. The van der Waals surface area contributed by atoms with Gasteiger partial charge in [0.05, 0.1) is 36.6 Å². The van der Waals surface area contributed by atoms with Crippen LogP contribution in [0.4, 0.5) is 0 Å². The number of carbonyl (C=O) groups is 1. The second kappa shape index (κ2) is 10.1. The summed E-state index contributed by atoms with van der Waals surface area (Å²) >= 11 is 0. The molecule has 2 spiro atoms. The molecular formula is C36H59NO7. The number of fused-ring (bicyclic) bond motifs is 4. The first kappa shape index (κ1) is 31.8. The van der Waals surface area contributed by atoms with Gasteiger partial charge in [-0.2, -0.15) is 0 Å². The summed E-state index contributed by atoms with van der Waals surface area (Å²) in [6, 6.07) is 0. The summed E-state index contributed by atoms with van der Waals surface area (Å²) in [4.78, 5) is 12.0. The van der Waals surface area contributed by atoms with Crippen molar-refractivity contribution in [3.8, 4) is 0 Å². The van der Waals surface area contributed by atoms with Gasteiger partial charge in [0.25, 0.3) is 0 Å². The van der Waals surface area contributed by atoms with Crippen LogP contribution in [-0.4, -0.2) is 78.3 Å². The Morgan fingerprint density at radius 3 is 2.41 bits per heavy atom. The number of rotatable bonds is 5. The van der Waals surface area contributed by atoms with Gasteiger partial charge in [0, 0.05) is 25.4 Å². The SMILES string of the molecule is CC(=O)OC([C@H]1C[C@@H](C)[C@H]2[C@H](O1)[C@H](O)[C@@]1(C)[C@@H]3CC[C@H]4C(C)(C)C(O[C@H]5CNCCO5)CC[C@@]45C[C@@]35CC[C@]21C)C(C)(C)O. The van der Waals surface area contributed by atoms with Crippen LogP contribution in [0.5, 0.6) is 0 Å². The van der Waals surface area contributed by atoms with Crippen LogP contribution in [0.2, 0.25) is 0 Å². The van der Waals surface area contributed by atoms with E-state index < -0.39 is 29.9 Å². The molecule has 0 bridgehead atoms. The van der Waals surface area contributed by atoms with E-state index in [0.717, 1.165) is 32.4 Å². The van der Waals surface area contributed by atoms with Gasteiger partial charge in [-0.05, 0) is 111 Å². The second-order valence-corrected chi connectivity index (χ2v) is 17.9. The quantitative estimate of drug-likeness (QED) is 0.377. The van der Waals surface area contributed by atoms with Gasteiger partial charge in [-0.15, -0.1) is 0 Å². The van der Waals surface area contributed by atoms with Gasteiger partial charge in [0.1, 0.15) is 0 Å². The number of morpholine rings is 1. The minimum atomic E-state index is -1.25. The third-order valence-electron chi connectivity index (χ3n) is 15.3. The number of esters is 1. The first-order chi connectivity index (χ1) is 20.5. The van der Waals surface area contributed by atoms with Crippen molar-refractivity contribution in [3.05, 3.63) is 0 Å². The van der Waals surface area contributed by atoms with Crippen molar-refractivity contribution in [1.29, 1.82) is 0 Å². The van der Waals surface area contributed by atoms with E-state index in [0.29, 0.717) is 30.3 Å². The molecule has 0 aromatic carbocycles. The van der Waals surface area contributed by atoms with Crippen LogP contribution in [0, 0.1) is 50.7 Å². The number of aliphatic hydroxyl groups excluding tert-OH is 1. The standard InChI is InChI=1S/C36H59NO7/c1-20-17-22(30(32(5,6)40)42-21(2)38)43-28-27(20)33(7)13-14-36-19-35(36)12-11-25(44-26-18-37-15-16-41-26)31(3,4)23(35)9-10-24(36)34(33,8)29(28)39/h20,22-30,37,39-40H,9-19H2,1-8H3/t20-,22-,23+,24+,25?,26+,27+,28+,29+,30?,33-,34-,35-,36+/m1/s1. The topological polar surface area (TPSA) is 106 Å². The van der Waals surface area contributed by atoms with Gasteiger partial charge in [0.2, 0.25) is 0 Å². The Hall–Kier alpha value is -0.770. The molecule has 250 valence electrons. The predicted octanol–water partition coefficient (Wildman–Crippen LogP) is 4.83.